The highest BCUT2D eigenvalue weighted by molar-refractivity contribution is 6.31. The van der Waals surface area contributed by atoms with E-state index in [0.29, 0.717) is 27.9 Å². The highest BCUT2D eigenvalue weighted by atomic mass is 35.5. The predicted octanol–water partition coefficient (Wildman–Crippen LogP) is 4.64. The molecule has 6 heteroatoms. The molecule has 0 unspecified atom stereocenters. The summed E-state index contributed by atoms with van der Waals surface area (Å²) in [6, 6.07) is 13.9. The molecule has 0 radical (unpaired) electrons. The number of benzene rings is 2. The van der Waals surface area contributed by atoms with Crippen molar-refractivity contribution >= 4 is 17.5 Å². The largest absolute Gasteiger partial charge is 0.441 e. The van der Waals surface area contributed by atoms with Crippen LogP contribution < -0.4 is 0 Å². The van der Waals surface area contributed by atoms with E-state index in [0.717, 1.165) is 5.56 Å². The van der Waals surface area contributed by atoms with Crippen molar-refractivity contribution in [2.45, 2.75) is 19.9 Å². The molecule has 0 spiro atoms. The van der Waals surface area contributed by atoms with Crippen LogP contribution in [0.2, 0.25) is 5.02 Å². The van der Waals surface area contributed by atoms with Crippen molar-refractivity contribution in [1.82, 2.24) is 9.88 Å². The third kappa shape index (κ3) is 3.94. The Kier molecular flexibility index (Phi) is 5.38. The van der Waals surface area contributed by atoms with Gasteiger partial charge in [0.15, 0.2) is 0 Å². The van der Waals surface area contributed by atoms with E-state index in [-0.39, 0.29) is 18.9 Å². The minimum absolute atomic E-state index is 0.0741. The molecule has 1 aromatic heterocycles. The molecule has 2 aromatic carbocycles. The number of carbonyl (C=O) groups is 1. The molecule has 0 atom stereocenters. The van der Waals surface area contributed by atoms with E-state index in [1.807, 2.05) is 30.3 Å². The van der Waals surface area contributed by atoms with Crippen LogP contribution in [0.1, 0.15) is 17.0 Å². The van der Waals surface area contributed by atoms with Gasteiger partial charge in [-0.2, -0.15) is 0 Å². The van der Waals surface area contributed by atoms with Crippen molar-refractivity contribution in [2.24, 2.45) is 0 Å². The Hall–Kier alpha value is -2.66. The van der Waals surface area contributed by atoms with Gasteiger partial charge >= 0.3 is 0 Å². The van der Waals surface area contributed by atoms with E-state index in [2.05, 4.69) is 4.98 Å². The summed E-state index contributed by atoms with van der Waals surface area (Å²) in [6.07, 6.45) is 0.0741. The number of aryl methyl sites for hydroxylation is 1. The number of oxazole rings is 1. The van der Waals surface area contributed by atoms with Gasteiger partial charge in [-0.1, -0.05) is 35.9 Å². The highest BCUT2D eigenvalue weighted by Gasteiger charge is 2.19. The number of rotatable bonds is 5. The number of hydrogen-bond donors (Lipinski definition) is 0. The standard InChI is InChI=1S/C20H18ClFN2O2/c1-13-18(23-20(26-13)14-7-4-3-5-8-14)11-19(25)24(2)12-15-16(21)9-6-10-17(15)22/h3-10H,11-12H2,1-2H3. The summed E-state index contributed by atoms with van der Waals surface area (Å²) in [6.45, 7) is 1.86. The quantitative estimate of drug-likeness (QED) is 0.655. The first-order valence-electron chi connectivity index (χ1n) is 8.14. The van der Waals surface area contributed by atoms with Crippen molar-refractivity contribution in [3.8, 4) is 11.5 Å². The van der Waals surface area contributed by atoms with Gasteiger partial charge in [0.2, 0.25) is 11.8 Å². The van der Waals surface area contributed by atoms with Crippen LogP contribution >= 0.6 is 11.6 Å². The molecule has 3 rings (SSSR count). The highest BCUT2D eigenvalue weighted by Crippen LogP contribution is 2.23. The summed E-state index contributed by atoms with van der Waals surface area (Å²) in [5.74, 6) is 0.446. The zero-order valence-electron chi connectivity index (χ0n) is 14.5. The van der Waals surface area contributed by atoms with Crippen LogP contribution in [-0.4, -0.2) is 22.8 Å². The van der Waals surface area contributed by atoms with Gasteiger partial charge in [0.1, 0.15) is 11.6 Å². The summed E-state index contributed by atoms with van der Waals surface area (Å²) in [7, 11) is 1.61. The summed E-state index contributed by atoms with van der Waals surface area (Å²) >= 11 is 6.03. The number of aromatic nitrogens is 1. The third-order valence-electron chi connectivity index (χ3n) is 4.11. The van der Waals surface area contributed by atoms with E-state index in [4.69, 9.17) is 16.0 Å². The third-order valence-corrected chi connectivity index (χ3v) is 4.47. The summed E-state index contributed by atoms with van der Waals surface area (Å²) in [5.41, 5.74) is 1.72. The van der Waals surface area contributed by atoms with Gasteiger partial charge in [0.05, 0.1) is 12.1 Å². The lowest BCUT2D eigenvalue weighted by Gasteiger charge is -2.18. The summed E-state index contributed by atoms with van der Waals surface area (Å²) in [5, 5.41) is 0.300. The Balaban J connectivity index is 1.73. The molecule has 1 heterocycles. The van der Waals surface area contributed by atoms with E-state index >= 15 is 0 Å². The lowest BCUT2D eigenvalue weighted by atomic mass is 10.2. The molecule has 0 bridgehead atoms. The van der Waals surface area contributed by atoms with Crippen LogP contribution in [-0.2, 0) is 17.8 Å². The normalized spacial score (nSPS) is 10.8. The molecule has 0 saturated heterocycles. The number of likely N-dealkylation sites (N-methyl/N-ethyl adjacent to an activating group) is 1. The molecule has 4 nitrogen and oxygen atoms in total. The van der Waals surface area contributed by atoms with E-state index in [1.165, 1.54) is 17.0 Å². The number of nitrogens with zero attached hydrogens (tertiary/aromatic N) is 2. The van der Waals surface area contributed by atoms with Crippen molar-refractivity contribution in [2.75, 3.05) is 7.05 Å². The van der Waals surface area contributed by atoms with Gasteiger partial charge in [0.25, 0.3) is 0 Å². The molecule has 1 amide bonds. The van der Waals surface area contributed by atoms with Crippen molar-refractivity contribution in [3.05, 3.63) is 76.4 Å². The monoisotopic (exact) mass is 372 g/mol. The van der Waals surface area contributed by atoms with Crippen molar-refractivity contribution in [1.29, 1.82) is 0 Å². The van der Waals surface area contributed by atoms with E-state index in [9.17, 15) is 9.18 Å². The first kappa shape index (κ1) is 18.1. The van der Waals surface area contributed by atoms with Crippen LogP contribution in [0.5, 0.6) is 0 Å². The maximum Gasteiger partial charge on any atom is 0.228 e. The Morgan fingerprint density at radius 1 is 1.19 bits per heavy atom. The number of amides is 1. The molecule has 0 aliphatic carbocycles. The molecule has 0 N–H and O–H groups in total. The molecular formula is C20H18ClFN2O2. The smallest absolute Gasteiger partial charge is 0.228 e. The fraction of sp³-hybridized carbons (Fsp3) is 0.200. The predicted molar refractivity (Wildman–Crippen MR) is 98.3 cm³/mol. The van der Waals surface area contributed by atoms with Crippen LogP contribution in [0.15, 0.2) is 52.9 Å². The lowest BCUT2D eigenvalue weighted by Crippen LogP contribution is -2.28. The van der Waals surface area contributed by atoms with Crippen LogP contribution in [0, 0.1) is 12.7 Å². The second-order valence-corrected chi connectivity index (χ2v) is 6.42. The summed E-state index contributed by atoms with van der Waals surface area (Å²) in [4.78, 5) is 18.4. The molecule has 134 valence electrons. The van der Waals surface area contributed by atoms with Gasteiger partial charge in [-0.05, 0) is 31.2 Å². The number of hydrogen-bond acceptors (Lipinski definition) is 3. The average Bonchev–Trinajstić information content (AvgIpc) is 2.99. The van der Waals surface area contributed by atoms with Crippen molar-refractivity contribution < 1.29 is 13.6 Å². The molecule has 0 fully saturated rings. The second kappa shape index (κ2) is 7.70. The molecule has 0 aliphatic rings. The zero-order valence-corrected chi connectivity index (χ0v) is 15.3. The minimum Gasteiger partial charge on any atom is -0.441 e. The number of halogens is 2. The maximum absolute atomic E-state index is 13.9. The van der Waals surface area contributed by atoms with Crippen LogP contribution in [0.3, 0.4) is 0 Å². The first-order valence-corrected chi connectivity index (χ1v) is 8.52. The Morgan fingerprint density at radius 3 is 2.62 bits per heavy atom. The zero-order chi connectivity index (χ0) is 18.7. The Bertz CT molecular complexity index is 905. The first-order chi connectivity index (χ1) is 12.5. The van der Waals surface area contributed by atoms with Crippen molar-refractivity contribution in [3.63, 3.8) is 0 Å². The fourth-order valence-electron chi connectivity index (χ4n) is 2.58. The van der Waals surface area contributed by atoms with Crippen LogP contribution in [0.25, 0.3) is 11.5 Å². The molecule has 3 aromatic rings. The van der Waals surface area contributed by atoms with E-state index < -0.39 is 5.82 Å². The second-order valence-electron chi connectivity index (χ2n) is 6.01. The molecule has 0 saturated carbocycles. The molecular weight excluding hydrogens is 355 g/mol. The Morgan fingerprint density at radius 2 is 1.92 bits per heavy atom. The molecule has 26 heavy (non-hydrogen) atoms. The van der Waals surface area contributed by atoms with E-state index in [1.54, 1.807) is 20.0 Å². The fourth-order valence-corrected chi connectivity index (χ4v) is 2.81. The van der Waals surface area contributed by atoms with Gasteiger partial charge < -0.3 is 9.32 Å². The lowest BCUT2D eigenvalue weighted by molar-refractivity contribution is -0.129. The SMILES string of the molecule is Cc1oc(-c2ccccc2)nc1CC(=O)N(C)Cc1c(F)cccc1Cl. The topological polar surface area (TPSA) is 46.3 Å². The maximum atomic E-state index is 13.9. The van der Waals surface area contributed by atoms with Gasteiger partial charge in [-0.15, -0.1) is 0 Å². The number of carbonyl (C=O) groups excluding carboxylic acids is 1. The van der Waals surface area contributed by atoms with Gasteiger partial charge in [0, 0.05) is 29.7 Å². The minimum atomic E-state index is -0.430. The molecule has 0 aliphatic heterocycles. The Labute approximate surface area is 156 Å². The van der Waals surface area contributed by atoms with Crippen LogP contribution in [0.4, 0.5) is 4.39 Å². The van der Waals surface area contributed by atoms with Gasteiger partial charge in [-0.3, -0.25) is 4.79 Å². The van der Waals surface area contributed by atoms with Gasteiger partial charge in [-0.25, -0.2) is 9.37 Å². The average molecular weight is 373 g/mol. The summed E-state index contributed by atoms with van der Waals surface area (Å²) < 4.78 is 19.6.